The van der Waals surface area contributed by atoms with Gasteiger partial charge in [0.15, 0.2) is 0 Å². The van der Waals surface area contributed by atoms with Gasteiger partial charge < -0.3 is 19.8 Å². The SMILES string of the molecule is C=CC(C)OC(=O)Nc1ccc(-c2c(N)c3ccc(OC)cc3n2CC)cc1. The average Bonchev–Trinajstić information content (AvgIpc) is 2.99. The molecule has 1 atom stereocenters. The fourth-order valence-corrected chi connectivity index (χ4v) is 3.20. The van der Waals surface area contributed by atoms with Crippen LogP contribution >= 0.6 is 0 Å². The van der Waals surface area contributed by atoms with Crippen molar-refractivity contribution >= 4 is 28.4 Å². The van der Waals surface area contributed by atoms with E-state index >= 15 is 0 Å². The molecule has 3 aromatic rings. The molecule has 1 heterocycles. The van der Waals surface area contributed by atoms with Gasteiger partial charge in [0.1, 0.15) is 11.9 Å². The summed E-state index contributed by atoms with van der Waals surface area (Å²) in [5, 5.41) is 3.69. The maximum absolute atomic E-state index is 11.9. The topological polar surface area (TPSA) is 78.5 Å². The van der Waals surface area contributed by atoms with E-state index in [1.54, 1.807) is 20.1 Å². The Hall–Kier alpha value is -3.41. The van der Waals surface area contributed by atoms with Crippen molar-refractivity contribution in [1.29, 1.82) is 0 Å². The van der Waals surface area contributed by atoms with Gasteiger partial charge in [-0.2, -0.15) is 0 Å². The van der Waals surface area contributed by atoms with Gasteiger partial charge in [-0.1, -0.05) is 24.8 Å². The summed E-state index contributed by atoms with van der Waals surface area (Å²) < 4.78 is 12.6. The van der Waals surface area contributed by atoms with Crippen LogP contribution in [0.15, 0.2) is 55.1 Å². The molecule has 3 rings (SSSR count). The molecule has 3 N–H and O–H groups in total. The molecule has 1 aromatic heterocycles. The van der Waals surface area contributed by atoms with Crippen molar-refractivity contribution in [2.45, 2.75) is 26.5 Å². The van der Waals surface area contributed by atoms with E-state index in [1.807, 2.05) is 42.5 Å². The second-order valence-electron chi connectivity index (χ2n) is 6.44. The highest BCUT2D eigenvalue weighted by molar-refractivity contribution is 6.01. The van der Waals surface area contributed by atoms with Gasteiger partial charge in [-0.15, -0.1) is 0 Å². The maximum atomic E-state index is 11.9. The molecule has 0 spiro atoms. The summed E-state index contributed by atoms with van der Waals surface area (Å²) in [5.41, 5.74) is 10.8. The third kappa shape index (κ3) is 3.67. The van der Waals surface area contributed by atoms with Gasteiger partial charge >= 0.3 is 6.09 Å². The van der Waals surface area contributed by atoms with Gasteiger partial charge in [0, 0.05) is 29.2 Å². The Kier molecular flexibility index (Phi) is 5.59. The first-order chi connectivity index (χ1) is 13.5. The highest BCUT2D eigenvalue weighted by atomic mass is 16.6. The van der Waals surface area contributed by atoms with Crippen LogP contribution < -0.4 is 15.8 Å². The third-order valence-electron chi connectivity index (χ3n) is 4.66. The molecular formula is C22H25N3O3. The molecule has 0 radical (unpaired) electrons. The number of nitrogen functional groups attached to an aromatic ring is 1. The first kappa shape index (κ1) is 19.4. The van der Waals surface area contributed by atoms with Gasteiger partial charge in [0.25, 0.3) is 0 Å². The van der Waals surface area contributed by atoms with E-state index in [1.165, 1.54) is 0 Å². The van der Waals surface area contributed by atoms with E-state index in [9.17, 15) is 4.79 Å². The zero-order chi connectivity index (χ0) is 20.3. The van der Waals surface area contributed by atoms with E-state index in [-0.39, 0.29) is 6.10 Å². The van der Waals surface area contributed by atoms with Crippen LogP contribution in [-0.2, 0) is 11.3 Å². The number of carbonyl (C=O) groups excluding carboxylic acids is 1. The van der Waals surface area contributed by atoms with Gasteiger partial charge in [-0.05, 0) is 38.1 Å². The first-order valence-electron chi connectivity index (χ1n) is 9.14. The van der Waals surface area contributed by atoms with Crippen LogP contribution in [0, 0.1) is 0 Å². The van der Waals surface area contributed by atoms with Crippen LogP contribution in [0.2, 0.25) is 0 Å². The quantitative estimate of drug-likeness (QED) is 0.588. The lowest BCUT2D eigenvalue weighted by Crippen LogP contribution is -2.18. The van der Waals surface area contributed by atoms with Crippen LogP contribution in [0.25, 0.3) is 22.2 Å². The van der Waals surface area contributed by atoms with Crippen molar-refractivity contribution < 1.29 is 14.3 Å². The summed E-state index contributed by atoms with van der Waals surface area (Å²) in [7, 11) is 1.65. The summed E-state index contributed by atoms with van der Waals surface area (Å²) in [6.45, 7) is 8.18. The minimum absolute atomic E-state index is 0.351. The van der Waals surface area contributed by atoms with Gasteiger partial charge in [-0.25, -0.2) is 4.79 Å². The molecule has 28 heavy (non-hydrogen) atoms. The number of amides is 1. The Labute approximate surface area is 164 Å². The first-order valence-corrected chi connectivity index (χ1v) is 9.14. The molecule has 2 aromatic carbocycles. The second-order valence-corrected chi connectivity index (χ2v) is 6.44. The van der Waals surface area contributed by atoms with Crippen molar-refractivity contribution in [2.24, 2.45) is 0 Å². The van der Waals surface area contributed by atoms with Crippen molar-refractivity contribution in [3.8, 4) is 17.0 Å². The number of rotatable bonds is 6. The molecule has 0 fully saturated rings. The summed E-state index contributed by atoms with van der Waals surface area (Å²) in [5.74, 6) is 0.790. The molecule has 1 unspecified atom stereocenters. The Morgan fingerprint density at radius 3 is 2.61 bits per heavy atom. The van der Waals surface area contributed by atoms with Crippen LogP contribution in [-0.4, -0.2) is 23.9 Å². The number of anilines is 2. The Balaban J connectivity index is 1.93. The van der Waals surface area contributed by atoms with Crippen LogP contribution in [0.5, 0.6) is 5.75 Å². The van der Waals surface area contributed by atoms with Gasteiger partial charge in [0.2, 0.25) is 0 Å². The van der Waals surface area contributed by atoms with E-state index in [0.29, 0.717) is 5.69 Å². The minimum atomic E-state index is -0.519. The van der Waals surface area contributed by atoms with Crippen molar-refractivity contribution in [3.63, 3.8) is 0 Å². The normalized spacial score (nSPS) is 11.8. The molecule has 6 heteroatoms. The monoisotopic (exact) mass is 379 g/mol. The van der Waals surface area contributed by atoms with Crippen molar-refractivity contribution in [1.82, 2.24) is 4.57 Å². The number of aromatic nitrogens is 1. The van der Waals surface area contributed by atoms with Crippen molar-refractivity contribution in [3.05, 3.63) is 55.1 Å². The third-order valence-corrected chi connectivity index (χ3v) is 4.66. The number of nitrogens with one attached hydrogen (secondary N) is 1. The fraction of sp³-hybridized carbons (Fsp3) is 0.227. The number of nitrogens with zero attached hydrogens (tertiary/aromatic N) is 1. The summed E-state index contributed by atoms with van der Waals surface area (Å²) in [6.07, 6.45) is 0.690. The highest BCUT2D eigenvalue weighted by Crippen LogP contribution is 2.37. The molecule has 0 bridgehead atoms. The number of benzene rings is 2. The van der Waals surface area contributed by atoms with Crippen LogP contribution in [0.3, 0.4) is 0 Å². The Morgan fingerprint density at radius 1 is 1.29 bits per heavy atom. The zero-order valence-corrected chi connectivity index (χ0v) is 16.4. The van der Waals surface area contributed by atoms with Crippen LogP contribution in [0.4, 0.5) is 16.2 Å². The average molecular weight is 379 g/mol. The molecule has 146 valence electrons. The molecule has 0 aliphatic carbocycles. The Morgan fingerprint density at radius 2 is 2.00 bits per heavy atom. The summed E-state index contributed by atoms with van der Waals surface area (Å²) in [4.78, 5) is 11.9. The maximum Gasteiger partial charge on any atom is 0.412 e. The molecular weight excluding hydrogens is 354 g/mol. The number of methoxy groups -OCH3 is 1. The van der Waals surface area contributed by atoms with Crippen molar-refractivity contribution in [2.75, 3.05) is 18.2 Å². The predicted molar refractivity (Wildman–Crippen MR) is 114 cm³/mol. The van der Waals surface area contributed by atoms with E-state index in [2.05, 4.69) is 23.4 Å². The predicted octanol–water partition coefficient (Wildman–Crippen LogP) is 5.04. The molecule has 0 aliphatic heterocycles. The number of fused-ring (bicyclic) bond motifs is 1. The molecule has 1 amide bonds. The van der Waals surface area contributed by atoms with E-state index in [4.69, 9.17) is 15.2 Å². The molecule has 0 aliphatic rings. The van der Waals surface area contributed by atoms with E-state index in [0.717, 1.165) is 40.1 Å². The van der Waals surface area contributed by atoms with E-state index < -0.39 is 6.09 Å². The number of ether oxygens (including phenoxy) is 2. The zero-order valence-electron chi connectivity index (χ0n) is 16.4. The lowest BCUT2D eigenvalue weighted by molar-refractivity contribution is 0.142. The number of hydrogen-bond donors (Lipinski definition) is 2. The lowest BCUT2D eigenvalue weighted by atomic mass is 10.1. The Bertz CT molecular complexity index is 1010. The summed E-state index contributed by atoms with van der Waals surface area (Å²) >= 11 is 0. The standard InChI is InChI=1S/C22H25N3O3/c1-5-14(3)28-22(26)24-16-9-7-15(8-10-16)21-20(23)18-12-11-17(27-4)13-19(18)25(21)6-2/h5,7-14H,1,6,23H2,2-4H3,(H,24,26). The molecule has 6 nitrogen and oxygen atoms in total. The smallest absolute Gasteiger partial charge is 0.412 e. The number of nitrogens with two attached hydrogens (primary N) is 1. The largest absolute Gasteiger partial charge is 0.497 e. The highest BCUT2D eigenvalue weighted by Gasteiger charge is 2.16. The molecule has 0 saturated carbocycles. The second kappa shape index (κ2) is 8.08. The lowest BCUT2D eigenvalue weighted by Gasteiger charge is -2.12. The van der Waals surface area contributed by atoms with Gasteiger partial charge in [0.05, 0.1) is 24.0 Å². The number of aryl methyl sites for hydroxylation is 1. The number of hydrogen-bond acceptors (Lipinski definition) is 4. The summed E-state index contributed by atoms with van der Waals surface area (Å²) in [6, 6.07) is 13.4. The fourth-order valence-electron chi connectivity index (χ4n) is 3.20. The molecule has 0 saturated heterocycles. The minimum Gasteiger partial charge on any atom is -0.497 e. The van der Waals surface area contributed by atoms with Gasteiger partial charge in [-0.3, -0.25) is 5.32 Å². The number of carbonyl (C=O) groups is 1. The van der Waals surface area contributed by atoms with Crippen LogP contribution in [0.1, 0.15) is 13.8 Å².